The number of carbonyl (C=O) groups is 6. The molecule has 24 nitrogen and oxygen atoms in total. The van der Waals surface area contributed by atoms with Gasteiger partial charge in [0.15, 0.2) is 5.79 Å². The number of aliphatic hydroxyl groups is 10. The number of amides is 3. The first-order valence-electron chi connectivity index (χ1n) is 30.5. The molecule has 2 saturated carbocycles. The zero-order valence-corrected chi connectivity index (χ0v) is 51.6. The van der Waals surface area contributed by atoms with Crippen molar-refractivity contribution in [3.63, 3.8) is 0 Å². The third-order valence-electron chi connectivity index (χ3n) is 17.3. The van der Waals surface area contributed by atoms with Crippen LogP contribution in [0.4, 0.5) is 4.79 Å². The van der Waals surface area contributed by atoms with Gasteiger partial charge in [0.1, 0.15) is 18.1 Å². The number of ether oxygens (including phenoxy) is 5. The molecule has 5 rings (SSSR count). The van der Waals surface area contributed by atoms with Crippen LogP contribution in [0.25, 0.3) is 0 Å². The molecule has 5 aliphatic rings. The third kappa shape index (κ3) is 23.0. The zero-order chi connectivity index (χ0) is 64.8. The molecule has 25 heteroatoms. The van der Waals surface area contributed by atoms with Crippen LogP contribution in [0.1, 0.15) is 118 Å². The Bertz CT molecular complexity index is 2480. The maximum Gasteiger partial charge on any atom is 0.410 e. The Balaban J connectivity index is 1.28. The molecule has 2 aliphatic carbocycles. The zero-order valence-electron chi connectivity index (χ0n) is 50.8. The summed E-state index contributed by atoms with van der Waals surface area (Å²) in [6, 6.07) is -1.41. The van der Waals surface area contributed by atoms with Gasteiger partial charge < -0.3 is 85.2 Å². The maximum absolute atomic E-state index is 13.2. The number of hydrogen-bond acceptors (Lipinski definition) is 22. The van der Waals surface area contributed by atoms with E-state index >= 15 is 0 Å². The number of rotatable bonds is 10. The second-order valence-corrected chi connectivity index (χ2v) is 25.2. The van der Waals surface area contributed by atoms with Gasteiger partial charge in [0.05, 0.1) is 90.8 Å². The number of carboxylic acid groups (broad SMARTS) is 1. The van der Waals surface area contributed by atoms with Crippen molar-refractivity contribution >= 4 is 47.6 Å². The van der Waals surface area contributed by atoms with Crippen LogP contribution in [0.2, 0.25) is 0 Å². The van der Waals surface area contributed by atoms with Crippen molar-refractivity contribution in [3.8, 4) is 0 Å². The molecule has 0 radical (unpaired) electrons. The number of carboxylic acids is 1. The maximum atomic E-state index is 13.2. The fraction of sp³-hybridized carbons (Fsp3) is 0.683. The van der Waals surface area contributed by atoms with Crippen molar-refractivity contribution in [2.24, 2.45) is 35.5 Å². The normalized spacial score (nSPS) is 41.1. The van der Waals surface area contributed by atoms with Crippen LogP contribution in [0.3, 0.4) is 0 Å². The summed E-state index contributed by atoms with van der Waals surface area (Å²) in [5, 5.41) is 124. The second kappa shape index (κ2) is 36.1. The number of likely N-dealkylation sites (tertiary alicyclic amines) is 1. The molecule has 88 heavy (non-hydrogen) atoms. The molecule has 2 saturated heterocycles. The summed E-state index contributed by atoms with van der Waals surface area (Å²) in [4.78, 5) is 78.1. The number of carbonyl (C=O) groups excluding carboxylic acids is 5. The Morgan fingerprint density at radius 1 is 0.670 bits per heavy atom. The number of fused-ring (bicyclic) bond motifs is 2. The van der Waals surface area contributed by atoms with Crippen LogP contribution in [0.15, 0.2) is 85.1 Å². The second-order valence-electron chi connectivity index (χ2n) is 24.2. The first kappa shape index (κ1) is 73.6. The predicted molar refractivity (Wildman–Crippen MR) is 321 cm³/mol. The lowest BCUT2D eigenvalue weighted by Crippen LogP contribution is -2.61. The van der Waals surface area contributed by atoms with Gasteiger partial charge in [0, 0.05) is 50.5 Å². The Labute approximate surface area is 518 Å². The minimum atomic E-state index is -2.41. The fourth-order valence-corrected chi connectivity index (χ4v) is 12.5. The Morgan fingerprint density at radius 2 is 1.28 bits per heavy atom. The van der Waals surface area contributed by atoms with Crippen molar-refractivity contribution in [2.75, 3.05) is 19.6 Å². The van der Waals surface area contributed by atoms with Crippen LogP contribution in [-0.2, 0) is 47.7 Å². The molecule has 3 heterocycles. The molecular formula is C63H94N2O22S. The molecule has 1 unspecified atom stereocenters. The van der Waals surface area contributed by atoms with E-state index in [0.29, 0.717) is 25.7 Å². The molecule has 4 fully saturated rings. The van der Waals surface area contributed by atoms with E-state index in [1.54, 1.807) is 106 Å². The smallest absolute Gasteiger partial charge is 0.410 e. The first-order valence-corrected chi connectivity index (χ1v) is 31.7. The lowest BCUT2D eigenvalue weighted by Gasteiger charge is -2.45. The average Bonchev–Trinajstić information content (AvgIpc) is 2.56. The SMILES string of the molecule is CSC1CC(=O)N(CC2CCC(C(=O)OCOC(=O)N[C@H]3[C@H](O)[C@@H](C)C[C@@H](O[C@H]4/C=C/C=C/C=C/C=C/C=C/C=C/C=C/[C@H](C)[C@@H](O)[C@@H](C)[C@H](C)OC(=O)C[C@H](O)C[C@H](O)CC[C@@H](O)[C@H](O)C[C@H](O)C[C@]5(O)C[C@H](O)[C@@H](C(=O)O)[C@H](C4)O5)[C@H]3O)CC2)C1=O. The Kier molecular flexibility index (Phi) is 30.2. The minimum Gasteiger partial charge on any atom is -0.481 e. The molecule has 12 N–H and O–H groups in total. The number of hydrogen-bond donors (Lipinski definition) is 12. The van der Waals surface area contributed by atoms with Gasteiger partial charge in [-0.1, -0.05) is 106 Å². The number of aliphatic hydroxyl groups excluding tert-OH is 9. The summed E-state index contributed by atoms with van der Waals surface area (Å²) in [5.41, 5.74) is 0. The molecule has 0 aromatic heterocycles. The number of imide groups is 1. The molecule has 0 aromatic rings. The van der Waals surface area contributed by atoms with Crippen LogP contribution in [-0.4, -0.2) is 213 Å². The van der Waals surface area contributed by atoms with Crippen molar-refractivity contribution in [2.45, 2.75) is 214 Å². The van der Waals surface area contributed by atoms with Gasteiger partial charge in [-0.15, -0.1) is 0 Å². The minimum absolute atomic E-state index is 0.00875. The summed E-state index contributed by atoms with van der Waals surface area (Å²) in [6.07, 6.45) is 5.95. The van der Waals surface area contributed by atoms with Gasteiger partial charge in [-0.3, -0.25) is 28.9 Å². The highest BCUT2D eigenvalue weighted by atomic mass is 32.2. The summed E-state index contributed by atoms with van der Waals surface area (Å²) in [6.45, 7) is 6.32. The topological polar surface area (TPSA) is 386 Å². The van der Waals surface area contributed by atoms with Gasteiger partial charge in [-0.2, -0.15) is 11.8 Å². The summed E-state index contributed by atoms with van der Waals surface area (Å²) < 4.78 is 28.4. The molecule has 3 amide bonds. The van der Waals surface area contributed by atoms with Crippen LogP contribution in [0.5, 0.6) is 0 Å². The summed E-state index contributed by atoms with van der Waals surface area (Å²) >= 11 is 1.34. The van der Waals surface area contributed by atoms with Crippen molar-refractivity contribution in [1.29, 1.82) is 0 Å². The number of aliphatic carboxylic acids is 1. The number of nitrogens with zero attached hydrogens (tertiary/aromatic N) is 1. The van der Waals surface area contributed by atoms with Gasteiger partial charge >= 0.3 is 24.0 Å². The van der Waals surface area contributed by atoms with E-state index in [1.807, 2.05) is 6.92 Å². The highest BCUT2D eigenvalue weighted by molar-refractivity contribution is 8.00. The standard InChI is InChI=1S/C63H94N2O22S/c1-36-18-16-14-12-10-8-6-7-9-11-13-15-17-19-45(86-50-26-37(2)57(75)55(58(50)76)64-62(81)84-35-83-61(80)41-22-20-40(21-23-41)34-65-52(72)31-51(88-5)59(65)77)30-49-54(60(78)79)48(71)33-63(82,87-49)32-44(68)28-47(70)46(69)25-24-42(66)27-43(67)29-53(73)85-39(4)38(3)56(36)74/h6-19,36-51,54-58,66-71,74-76,82H,20-35H2,1-5H3,(H,64,81)(H,78,79)/b7-6+,10-8+,11-9+,14-12+,15-13+,18-16+,19-17+/t36-,37-,38-,39-,40?,41?,42+,43+,44-,45-,46+,47+,48-,49-,50+,51?,54+,55-,56+,57+,58+,63+/m0/s1. The van der Waals surface area contributed by atoms with Crippen molar-refractivity contribution < 1.29 is 109 Å². The number of thioether (sulfide) groups is 1. The van der Waals surface area contributed by atoms with Gasteiger partial charge in [0.2, 0.25) is 18.6 Å². The molecule has 0 spiro atoms. The molecule has 3 aliphatic heterocycles. The van der Waals surface area contributed by atoms with Crippen molar-refractivity contribution in [3.05, 3.63) is 85.1 Å². The number of nitrogens with one attached hydrogen (secondary N) is 1. The van der Waals surface area contributed by atoms with E-state index in [0.717, 1.165) is 0 Å². The molecule has 0 aromatic carbocycles. The number of allylic oxidation sites excluding steroid dienone is 12. The van der Waals surface area contributed by atoms with Gasteiger partial charge in [0.25, 0.3) is 0 Å². The number of esters is 2. The lowest BCUT2D eigenvalue weighted by molar-refractivity contribution is -0.301. The quantitative estimate of drug-likeness (QED) is 0.0850. The van der Waals surface area contributed by atoms with E-state index in [1.165, 1.54) is 22.7 Å². The monoisotopic (exact) mass is 1260 g/mol. The van der Waals surface area contributed by atoms with E-state index in [-0.39, 0.29) is 67.5 Å². The van der Waals surface area contributed by atoms with Crippen LogP contribution < -0.4 is 5.32 Å². The molecule has 494 valence electrons. The van der Waals surface area contributed by atoms with E-state index < -0.39 is 178 Å². The lowest BCUT2D eigenvalue weighted by atomic mass is 9.80. The highest BCUT2D eigenvalue weighted by Gasteiger charge is 2.51. The van der Waals surface area contributed by atoms with Gasteiger partial charge in [-0.05, 0) is 76.4 Å². The third-order valence-corrected chi connectivity index (χ3v) is 18.2. The average molecular weight is 1260 g/mol. The van der Waals surface area contributed by atoms with E-state index in [9.17, 15) is 84.9 Å². The number of alkyl carbamates (subject to hydrolysis) is 1. The van der Waals surface area contributed by atoms with E-state index in [4.69, 9.17) is 23.7 Å². The van der Waals surface area contributed by atoms with E-state index in [2.05, 4.69) is 5.32 Å². The highest BCUT2D eigenvalue weighted by Crippen LogP contribution is 2.39. The van der Waals surface area contributed by atoms with Crippen LogP contribution in [0, 0.1) is 35.5 Å². The van der Waals surface area contributed by atoms with Gasteiger partial charge in [-0.25, -0.2) is 4.79 Å². The molecular weight excluding hydrogens is 1170 g/mol. The summed E-state index contributed by atoms with van der Waals surface area (Å²) in [7, 11) is 0. The fourth-order valence-electron chi connectivity index (χ4n) is 11.9. The predicted octanol–water partition coefficient (Wildman–Crippen LogP) is 2.94. The summed E-state index contributed by atoms with van der Waals surface area (Å²) in [5.74, 6) is -9.26. The van der Waals surface area contributed by atoms with Crippen molar-refractivity contribution in [1.82, 2.24) is 10.2 Å². The largest absolute Gasteiger partial charge is 0.481 e. The van der Waals surface area contributed by atoms with Crippen LogP contribution >= 0.6 is 11.8 Å². The Hall–Kier alpha value is -5.13. The number of cyclic esters (lactones) is 1. The first-order chi connectivity index (χ1) is 41.7. The Morgan fingerprint density at radius 3 is 1.89 bits per heavy atom. The molecule has 20 atom stereocenters. The molecule has 2 bridgehead atoms.